The van der Waals surface area contributed by atoms with Gasteiger partial charge in [0.1, 0.15) is 0 Å². The topological polar surface area (TPSA) is 32.3 Å². The predicted molar refractivity (Wildman–Crippen MR) is 87.5 cm³/mol. The van der Waals surface area contributed by atoms with Crippen LogP contribution in [-0.4, -0.2) is 30.4 Å². The number of hydrogen-bond acceptors (Lipinski definition) is 2. The molecule has 0 aliphatic carbocycles. The van der Waals surface area contributed by atoms with E-state index in [-0.39, 0.29) is 11.9 Å². The molecule has 24 heavy (non-hydrogen) atoms. The second-order valence-corrected chi connectivity index (χ2v) is 6.31. The van der Waals surface area contributed by atoms with Crippen molar-refractivity contribution < 1.29 is 18.0 Å². The molecule has 0 aromatic heterocycles. The van der Waals surface area contributed by atoms with Crippen LogP contribution in [0, 0.1) is 0 Å². The maximum atomic E-state index is 12.7. The number of alkyl halides is 3. The smallest absolute Gasteiger partial charge is 0.355 e. The summed E-state index contributed by atoms with van der Waals surface area (Å²) in [5.41, 5.74) is 0.218. The van der Waals surface area contributed by atoms with E-state index in [1.165, 1.54) is 0 Å². The van der Waals surface area contributed by atoms with E-state index in [1.807, 2.05) is 0 Å². The molecule has 6 heteroatoms. The molecule has 1 heterocycles. The van der Waals surface area contributed by atoms with Gasteiger partial charge in [-0.05, 0) is 43.5 Å². The summed E-state index contributed by atoms with van der Waals surface area (Å²) < 4.78 is 38.1. The summed E-state index contributed by atoms with van der Waals surface area (Å²) in [6.07, 6.45) is 0.572. The lowest BCUT2D eigenvalue weighted by molar-refractivity contribution is -0.137. The maximum absolute atomic E-state index is 12.7. The van der Waals surface area contributed by atoms with E-state index < -0.39 is 11.7 Å². The van der Waals surface area contributed by atoms with Crippen LogP contribution < -0.4 is 5.32 Å². The summed E-state index contributed by atoms with van der Waals surface area (Å²) in [7, 11) is 0. The number of hydrogen-bond donors (Lipinski definition) is 1. The molecule has 1 atom stereocenters. The molecule has 1 N–H and O–H groups in total. The third-order valence-electron chi connectivity index (χ3n) is 4.44. The van der Waals surface area contributed by atoms with Crippen LogP contribution in [0.25, 0.3) is 0 Å². The Morgan fingerprint density at radius 3 is 2.58 bits per heavy atom. The van der Waals surface area contributed by atoms with Gasteiger partial charge in [0.25, 0.3) is 0 Å². The second-order valence-electron chi connectivity index (χ2n) is 6.31. The van der Waals surface area contributed by atoms with Crippen molar-refractivity contribution in [1.82, 2.24) is 10.2 Å². The molecule has 1 amide bonds. The average molecular weight is 342 g/mol. The van der Waals surface area contributed by atoms with Gasteiger partial charge in [0.2, 0.25) is 5.91 Å². The molecule has 1 aromatic rings. The van der Waals surface area contributed by atoms with Crippen LogP contribution in [0.15, 0.2) is 24.3 Å². The Balaban J connectivity index is 2.02. The van der Waals surface area contributed by atoms with Crippen molar-refractivity contribution in [3.63, 3.8) is 0 Å². The Morgan fingerprint density at radius 2 is 1.96 bits per heavy atom. The molecule has 3 nitrogen and oxygen atoms in total. The zero-order valence-corrected chi connectivity index (χ0v) is 14.0. The zero-order chi connectivity index (χ0) is 17.6. The van der Waals surface area contributed by atoms with Crippen molar-refractivity contribution in [2.24, 2.45) is 0 Å². The number of rotatable bonds is 6. The summed E-state index contributed by atoms with van der Waals surface area (Å²) in [5.74, 6) is -0.0118. The third kappa shape index (κ3) is 5.23. The Labute approximate surface area is 141 Å². The van der Waals surface area contributed by atoms with E-state index in [9.17, 15) is 18.0 Å². The molecule has 1 aromatic carbocycles. The summed E-state index contributed by atoms with van der Waals surface area (Å²) in [5, 5.41) is 2.90. The molecule has 0 spiro atoms. The molecule has 1 saturated heterocycles. The molecule has 1 aliphatic heterocycles. The van der Waals surface area contributed by atoms with E-state index in [0.717, 1.165) is 56.3 Å². The maximum Gasteiger partial charge on any atom is 0.416 e. The lowest BCUT2D eigenvalue weighted by atomic mass is 9.94. The minimum absolute atomic E-state index is 0.0118. The zero-order valence-electron chi connectivity index (χ0n) is 14.0. The first-order chi connectivity index (χ1) is 11.4. The summed E-state index contributed by atoms with van der Waals surface area (Å²) in [6.45, 7) is 3.84. The van der Waals surface area contributed by atoms with Gasteiger partial charge in [-0.3, -0.25) is 9.69 Å². The summed E-state index contributed by atoms with van der Waals surface area (Å²) >= 11 is 0. The average Bonchev–Trinajstić information content (AvgIpc) is 2.55. The van der Waals surface area contributed by atoms with Crippen molar-refractivity contribution in [1.29, 1.82) is 0 Å². The molecule has 0 bridgehead atoms. The second kappa shape index (κ2) is 8.51. The van der Waals surface area contributed by atoms with Crippen molar-refractivity contribution in [2.45, 2.75) is 51.2 Å². The lowest BCUT2D eigenvalue weighted by Gasteiger charge is -2.35. The van der Waals surface area contributed by atoms with Gasteiger partial charge in [-0.2, -0.15) is 13.2 Å². The van der Waals surface area contributed by atoms with Crippen LogP contribution >= 0.6 is 0 Å². The first-order valence-corrected chi connectivity index (χ1v) is 8.59. The molecule has 1 aliphatic rings. The normalized spacial score (nSPS) is 19.2. The first kappa shape index (κ1) is 18.8. The molecular formula is C18H25F3N2O. The van der Waals surface area contributed by atoms with Gasteiger partial charge in [0, 0.05) is 12.6 Å². The van der Waals surface area contributed by atoms with Gasteiger partial charge in [0.15, 0.2) is 0 Å². The van der Waals surface area contributed by atoms with Gasteiger partial charge < -0.3 is 5.32 Å². The minimum Gasteiger partial charge on any atom is -0.355 e. The van der Waals surface area contributed by atoms with Crippen molar-refractivity contribution in [2.75, 3.05) is 19.6 Å². The fourth-order valence-corrected chi connectivity index (χ4v) is 3.10. The molecule has 0 radical (unpaired) electrons. The van der Waals surface area contributed by atoms with Gasteiger partial charge in [0.05, 0.1) is 12.1 Å². The van der Waals surface area contributed by atoms with Crippen molar-refractivity contribution >= 4 is 5.91 Å². The fourth-order valence-electron chi connectivity index (χ4n) is 3.10. The Kier molecular flexibility index (Phi) is 6.66. The van der Waals surface area contributed by atoms with Gasteiger partial charge in [-0.1, -0.05) is 31.9 Å². The Bertz CT molecular complexity index is 528. The largest absolute Gasteiger partial charge is 0.416 e. The molecule has 2 rings (SSSR count). The number of halogens is 3. The highest BCUT2D eigenvalue weighted by Gasteiger charge is 2.31. The van der Waals surface area contributed by atoms with Crippen molar-refractivity contribution in [3.05, 3.63) is 35.4 Å². The van der Waals surface area contributed by atoms with E-state index >= 15 is 0 Å². The van der Waals surface area contributed by atoms with E-state index in [1.54, 1.807) is 12.1 Å². The highest BCUT2D eigenvalue weighted by atomic mass is 19.4. The van der Waals surface area contributed by atoms with Crippen LogP contribution in [0.4, 0.5) is 13.2 Å². The molecule has 0 saturated carbocycles. The van der Waals surface area contributed by atoms with Crippen LogP contribution in [0.5, 0.6) is 0 Å². The van der Waals surface area contributed by atoms with Gasteiger partial charge in [-0.25, -0.2) is 0 Å². The number of benzene rings is 1. The third-order valence-corrected chi connectivity index (χ3v) is 4.44. The quantitative estimate of drug-likeness (QED) is 0.788. The van der Waals surface area contributed by atoms with Crippen LogP contribution in [-0.2, 0) is 11.0 Å². The van der Waals surface area contributed by atoms with Crippen LogP contribution in [0.1, 0.15) is 56.2 Å². The number of nitrogens with one attached hydrogen (secondary N) is 1. The number of carbonyl (C=O) groups excluding carboxylic acids is 1. The number of nitrogens with zero attached hydrogens (tertiary/aromatic N) is 1. The Morgan fingerprint density at radius 1 is 1.25 bits per heavy atom. The number of piperidine rings is 1. The molecule has 134 valence electrons. The van der Waals surface area contributed by atoms with E-state index in [2.05, 4.69) is 17.1 Å². The number of amides is 1. The number of unbranched alkanes of at least 4 members (excludes halogenated alkanes) is 1. The first-order valence-electron chi connectivity index (χ1n) is 8.59. The number of likely N-dealkylation sites (tertiary alicyclic amines) is 1. The molecule has 1 fully saturated rings. The molecular weight excluding hydrogens is 317 g/mol. The minimum atomic E-state index is -4.32. The predicted octanol–water partition coefficient (Wildman–Crippen LogP) is 4.15. The standard InChI is InChI=1S/C18H25F3N2O/c1-2-3-11-22-17(24)13-23-12-5-4-6-16(23)14-7-9-15(10-8-14)18(19,20)21/h7-10,16H,2-6,11-13H2,1H3,(H,22,24). The van der Waals surface area contributed by atoms with Crippen LogP contribution in [0.3, 0.4) is 0 Å². The van der Waals surface area contributed by atoms with E-state index in [0.29, 0.717) is 13.1 Å². The number of carbonyl (C=O) groups is 1. The fraction of sp³-hybridized carbons (Fsp3) is 0.611. The van der Waals surface area contributed by atoms with Gasteiger partial charge in [-0.15, -0.1) is 0 Å². The molecule has 1 unspecified atom stereocenters. The van der Waals surface area contributed by atoms with Crippen molar-refractivity contribution in [3.8, 4) is 0 Å². The summed E-state index contributed by atoms with van der Waals surface area (Å²) in [4.78, 5) is 14.1. The summed E-state index contributed by atoms with van der Waals surface area (Å²) in [6, 6.07) is 5.35. The Hall–Kier alpha value is -1.56. The monoisotopic (exact) mass is 342 g/mol. The van der Waals surface area contributed by atoms with Crippen LogP contribution in [0.2, 0.25) is 0 Å². The lowest BCUT2D eigenvalue weighted by Crippen LogP contribution is -2.41. The highest BCUT2D eigenvalue weighted by molar-refractivity contribution is 5.78. The van der Waals surface area contributed by atoms with E-state index in [4.69, 9.17) is 0 Å². The highest BCUT2D eigenvalue weighted by Crippen LogP contribution is 2.34. The van der Waals surface area contributed by atoms with Gasteiger partial charge >= 0.3 is 6.18 Å². The SMILES string of the molecule is CCCCNC(=O)CN1CCCCC1c1ccc(C(F)(F)F)cc1.